The Morgan fingerprint density at radius 3 is 2.69 bits per heavy atom. The number of carbonyl (C=O) groups is 1. The van der Waals surface area contributed by atoms with Crippen LogP contribution >= 0.6 is 11.3 Å². The van der Waals surface area contributed by atoms with Crippen molar-refractivity contribution in [3.63, 3.8) is 0 Å². The van der Waals surface area contributed by atoms with Gasteiger partial charge in [0.2, 0.25) is 0 Å². The van der Waals surface area contributed by atoms with Crippen LogP contribution in [0.5, 0.6) is 0 Å². The molecule has 0 aliphatic carbocycles. The predicted molar refractivity (Wildman–Crippen MR) is 99.0 cm³/mol. The third-order valence-corrected chi connectivity index (χ3v) is 5.35. The number of hydrogen-bond acceptors (Lipinski definition) is 7. The fourth-order valence-corrected chi connectivity index (χ4v) is 4.28. The van der Waals surface area contributed by atoms with Crippen molar-refractivity contribution in [3.05, 3.63) is 28.8 Å². The maximum absolute atomic E-state index is 12.0. The Morgan fingerprint density at radius 1 is 1.35 bits per heavy atom. The summed E-state index contributed by atoms with van der Waals surface area (Å²) in [6.45, 7) is 7.12. The minimum atomic E-state index is -0.969. The number of fused-ring (bicyclic) bond motifs is 1. The number of hydrogen-bond donors (Lipinski definition) is 1. The van der Waals surface area contributed by atoms with Gasteiger partial charge in [-0.15, -0.1) is 11.3 Å². The highest BCUT2D eigenvalue weighted by molar-refractivity contribution is 7.13. The van der Waals surface area contributed by atoms with E-state index in [4.69, 9.17) is 9.26 Å². The number of carboxylic acids is 1. The largest absolute Gasteiger partial charge is 0.478 e. The lowest BCUT2D eigenvalue weighted by molar-refractivity contribution is -0.00534. The van der Waals surface area contributed by atoms with Crippen molar-refractivity contribution < 1.29 is 19.2 Å². The molecule has 1 aromatic carbocycles. The van der Waals surface area contributed by atoms with Gasteiger partial charge in [-0.05, 0) is 26.8 Å². The first-order valence-corrected chi connectivity index (χ1v) is 9.30. The molecular formula is C18H19N3O4S. The highest BCUT2D eigenvalue weighted by Crippen LogP contribution is 2.38. The molecule has 1 N–H and O–H groups in total. The average Bonchev–Trinajstić information content (AvgIpc) is 3.22. The number of thiazole rings is 1. The van der Waals surface area contributed by atoms with Crippen LogP contribution in [-0.4, -0.2) is 46.5 Å². The molecule has 0 amide bonds. The number of rotatable bonds is 3. The molecule has 8 heteroatoms. The summed E-state index contributed by atoms with van der Waals surface area (Å²) in [7, 11) is 0. The summed E-state index contributed by atoms with van der Waals surface area (Å²) in [5, 5.41) is 17.2. The van der Waals surface area contributed by atoms with Crippen molar-refractivity contribution in [1.82, 2.24) is 10.1 Å². The van der Waals surface area contributed by atoms with E-state index in [1.807, 2.05) is 26.2 Å². The molecule has 0 saturated carbocycles. The van der Waals surface area contributed by atoms with Gasteiger partial charge in [0.05, 0.1) is 28.8 Å². The Labute approximate surface area is 154 Å². The number of aromatic nitrogens is 2. The van der Waals surface area contributed by atoms with Crippen LogP contribution in [0, 0.1) is 6.92 Å². The van der Waals surface area contributed by atoms with E-state index >= 15 is 0 Å². The van der Waals surface area contributed by atoms with Gasteiger partial charge in [0.25, 0.3) is 0 Å². The molecule has 1 fully saturated rings. The monoisotopic (exact) mass is 373 g/mol. The lowest BCUT2D eigenvalue weighted by atomic mass is 10.0. The molecule has 2 aromatic heterocycles. The van der Waals surface area contributed by atoms with Crippen molar-refractivity contribution in [2.75, 3.05) is 18.0 Å². The standard InChI is InChI=1S/C18H19N3O4S/c1-9-7-21(8-10(2)24-9)15-11(3)16-12(6-13(15)18(22)23)14(20-25-16)17-19-4-5-26-17/h4-6,9-10H,7-8H2,1-3H3,(H,22,23)/t9-,10+. The minimum Gasteiger partial charge on any atom is -0.478 e. The molecule has 0 radical (unpaired) electrons. The van der Waals surface area contributed by atoms with Crippen LogP contribution in [0.4, 0.5) is 5.69 Å². The third-order valence-electron chi connectivity index (χ3n) is 4.57. The molecule has 3 aromatic rings. The van der Waals surface area contributed by atoms with Gasteiger partial charge in [-0.1, -0.05) is 5.16 Å². The zero-order chi connectivity index (χ0) is 18.4. The third kappa shape index (κ3) is 2.75. The van der Waals surface area contributed by atoms with Crippen LogP contribution in [0.3, 0.4) is 0 Å². The zero-order valence-corrected chi connectivity index (χ0v) is 15.5. The lowest BCUT2D eigenvalue weighted by Gasteiger charge is -2.38. The van der Waals surface area contributed by atoms with Gasteiger partial charge in [-0.3, -0.25) is 0 Å². The smallest absolute Gasteiger partial charge is 0.337 e. The summed E-state index contributed by atoms with van der Waals surface area (Å²) in [6, 6.07) is 1.65. The number of anilines is 1. The molecule has 4 rings (SSSR count). The zero-order valence-electron chi connectivity index (χ0n) is 14.7. The maximum Gasteiger partial charge on any atom is 0.337 e. The van der Waals surface area contributed by atoms with Gasteiger partial charge in [0.15, 0.2) is 5.58 Å². The van der Waals surface area contributed by atoms with Crippen molar-refractivity contribution in [1.29, 1.82) is 0 Å². The topological polar surface area (TPSA) is 88.7 Å². The first-order chi connectivity index (χ1) is 12.5. The fourth-order valence-electron chi connectivity index (χ4n) is 3.65. The van der Waals surface area contributed by atoms with Gasteiger partial charge < -0.3 is 19.3 Å². The van der Waals surface area contributed by atoms with Crippen LogP contribution in [0.25, 0.3) is 21.7 Å². The van der Waals surface area contributed by atoms with Gasteiger partial charge in [0, 0.05) is 30.2 Å². The van der Waals surface area contributed by atoms with Crippen LogP contribution in [0.15, 0.2) is 22.2 Å². The number of aryl methyl sites for hydroxylation is 1. The summed E-state index contributed by atoms with van der Waals surface area (Å²) >= 11 is 1.44. The fraction of sp³-hybridized carbons (Fsp3) is 0.389. The summed E-state index contributed by atoms with van der Waals surface area (Å²) < 4.78 is 11.4. The first kappa shape index (κ1) is 17.0. The van der Waals surface area contributed by atoms with Crippen molar-refractivity contribution in [3.8, 4) is 10.7 Å². The highest BCUT2D eigenvalue weighted by Gasteiger charge is 2.29. The van der Waals surface area contributed by atoms with Crippen LogP contribution in [-0.2, 0) is 4.74 Å². The number of ether oxygens (including phenoxy) is 1. The van der Waals surface area contributed by atoms with E-state index in [9.17, 15) is 9.90 Å². The Morgan fingerprint density at radius 2 is 2.08 bits per heavy atom. The molecule has 0 bridgehead atoms. The molecule has 2 atom stereocenters. The number of carboxylic acid groups (broad SMARTS) is 1. The Balaban J connectivity index is 1.92. The molecule has 0 spiro atoms. The average molecular weight is 373 g/mol. The molecule has 0 unspecified atom stereocenters. The second-order valence-corrected chi connectivity index (χ2v) is 7.50. The molecule has 1 aliphatic rings. The van der Waals surface area contributed by atoms with E-state index in [1.165, 1.54) is 11.3 Å². The summed E-state index contributed by atoms with van der Waals surface area (Å²) in [4.78, 5) is 18.4. The Hall–Kier alpha value is -2.45. The van der Waals surface area contributed by atoms with Crippen LogP contribution in [0.2, 0.25) is 0 Å². The normalized spacial score (nSPS) is 20.7. The van der Waals surface area contributed by atoms with Gasteiger partial charge in [-0.25, -0.2) is 9.78 Å². The molecule has 26 heavy (non-hydrogen) atoms. The molecule has 3 heterocycles. The predicted octanol–water partition coefficient (Wildman–Crippen LogP) is 3.57. The number of aromatic carboxylic acids is 1. The quantitative estimate of drug-likeness (QED) is 0.751. The second kappa shape index (κ2) is 6.37. The molecule has 1 aliphatic heterocycles. The van der Waals surface area contributed by atoms with Crippen molar-refractivity contribution in [2.45, 2.75) is 33.0 Å². The van der Waals surface area contributed by atoms with E-state index in [0.717, 1.165) is 5.56 Å². The number of morpholine rings is 1. The Bertz CT molecular complexity index is 957. The number of benzene rings is 1. The van der Waals surface area contributed by atoms with Gasteiger partial charge >= 0.3 is 5.97 Å². The lowest BCUT2D eigenvalue weighted by Crippen LogP contribution is -2.46. The van der Waals surface area contributed by atoms with Crippen LogP contribution < -0.4 is 4.90 Å². The minimum absolute atomic E-state index is 0.0242. The molecule has 7 nitrogen and oxygen atoms in total. The number of nitrogens with zero attached hydrogens (tertiary/aromatic N) is 3. The van der Waals surface area contributed by atoms with E-state index in [0.29, 0.717) is 40.4 Å². The summed E-state index contributed by atoms with van der Waals surface area (Å²) in [5.41, 5.74) is 2.88. The first-order valence-electron chi connectivity index (χ1n) is 8.42. The van der Waals surface area contributed by atoms with Gasteiger partial charge in [-0.2, -0.15) is 0 Å². The Kier molecular flexibility index (Phi) is 4.16. The molecular weight excluding hydrogens is 354 g/mol. The maximum atomic E-state index is 12.0. The second-order valence-electron chi connectivity index (χ2n) is 6.61. The SMILES string of the molecule is Cc1c(N2C[C@@H](C)O[C@@H](C)C2)c(C(=O)O)cc2c(-c3nccs3)noc12. The van der Waals surface area contributed by atoms with E-state index < -0.39 is 5.97 Å². The summed E-state index contributed by atoms with van der Waals surface area (Å²) in [5.74, 6) is -0.969. The van der Waals surface area contributed by atoms with Crippen molar-refractivity contribution >= 4 is 34.0 Å². The molecule has 136 valence electrons. The highest BCUT2D eigenvalue weighted by atomic mass is 32.1. The molecule has 1 saturated heterocycles. The van der Waals surface area contributed by atoms with Crippen molar-refractivity contribution in [2.24, 2.45) is 0 Å². The van der Waals surface area contributed by atoms with Gasteiger partial charge in [0.1, 0.15) is 10.7 Å². The van der Waals surface area contributed by atoms with E-state index in [1.54, 1.807) is 12.3 Å². The van der Waals surface area contributed by atoms with Crippen LogP contribution in [0.1, 0.15) is 29.8 Å². The summed E-state index contributed by atoms with van der Waals surface area (Å²) in [6.07, 6.45) is 1.74. The van der Waals surface area contributed by atoms with E-state index in [-0.39, 0.29) is 17.8 Å². The van der Waals surface area contributed by atoms with E-state index in [2.05, 4.69) is 15.0 Å².